The number of rotatable bonds is 9. The van der Waals surface area contributed by atoms with E-state index in [-0.39, 0.29) is 17.4 Å². The van der Waals surface area contributed by atoms with Crippen molar-refractivity contribution in [1.29, 1.82) is 0 Å². The van der Waals surface area contributed by atoms with E-state index in [9.17, 15) is 13.2 Å². The van der Waals surface area contributed by atoms with E-state index >= 15 is 0 Å². The van der Waals surface area contributed by atoms with E-state index in [0.717, 1.165) is 19.3 Å². The van der Waals surface area contributed by atoms with Crippen molar-refractivity contribution in [2.24, 2.45) is 0 Å². The van der Waals surface area contributed by atoms with E-state index in [1.807, 2.05) is 6.92 Å². The van der Waals surface area contributed by atoms with Gasteiger partial charge in [-0.05, 0) is 25.5 Å². The van der Waals surface area contributed by atoms with Crippen molar-refractivity contribution in [3.63, 3.8) is 0 Å². The van der Waals surface area contributed by atoms with Gasteiger partial charge in [0, 0.05) is 6.42 Å². The Morgan fingerprint density at radius 1 is 1.24 bits per heavy atom. The zero-order valence-corrected chi connectivity index (χ0v) is 16.0. The number of benzene rings is 1. The van der Waals surface area contributed by atoms with Gasteiger partial charge in [0.1, 0.15) is 17.3 Å². The van der Waals surface area contributed by atoms with Gasteiger partial charge in [0.15, 0.2) is 9.84 Å². The van der Waals surface area contributed by atoms with Crippen LogP contribution >= 0.6 is 11.6 Å². The number of sulfone groups is 1. The molecule has 0 unspecified atom stereocenters. The Balaban J connectivity index is 2.10. The minimum absolute atomic E-state index is 0.249. The number of halogens is 1. The third-order valence-corrected chi connectivity index (χ3v) is 5.60. The molecule has 0 aliphatic rings. The van der Waals surface area contributed by atoms with E-state index in [2.05, 4.69) is 4.98 Å². The predicted octanol–water partition coefficient (Wildman–Crippen LogP) is 4.37. The van der Waals surface area contributed by atoms with Gasteiger partial charge in [0.2, 0.25) is 5.89 Å². The minimum atomic E-state index is -3.58. The summed E-state index contributed by atoms with van der Waals surface area (Å²) in [6.07, 6.45) is 2.94. The summed E-state index contributed by atoms with van der Waals surface area (Å²) in [4.78, 5) is 16.1. The fraction of sp³-hybridized carbons (Fsp3) is 0.444. The average molecular weight is 384 g/mol. The molecule has 2 rings (SSSR count). The number of ketones is 1. The molecule has 1 heterocycles. The molecule has 0 aliphatic heterocycles. The van der Waals surface area contributed by atoms with Crippen LogP contribution in [0.2, 0.25) is 5.02 Å². The summed E-state index contributed by atoms with van der Waals surface area (Å²) < 4.78 is 30.1. The fourth-order valence-corrected chi connectivity index (χ4v) is 4.10. The molecule has 0 fully saturated rings. The molecule has 0 amide bonds. The molecule has 0 saturated carbocycles. The number of aryl methyl sites for hydroxylation is 1. The normalized spacial score (nSPS) is 11.6. The highest BCUT2D eigenvalue weighted by atomic mass is 35.5. The lowest BCUT2D eigenvalue weighted by molar-refractivity contribution is -0.116. The minimum Gasteiger partial charge on any atom is -0.441 e. The van der Waals surface area contributed by atoms with Crippen LogP contribution in [0.5, 0.6) is 0 Å². The number of carbonyl (C=O) groups excluding carboxylic acids is 1. The number of hydrogen-bond acceptors (Lipinski definition) is 5. The second kappa shape index (κ2) is 8.63. The first-order valence-corrected chi connectivity index (χ1v) is 10.5. The Kier molecular flexibility index (Phi) is 6.79. The smallest absolute Gasteiger partial charge is 0.228 e. The van der Waals surface area contributed by atoms with Gasteiger partial charge in [0.05, 0.1) is 22.0 Å². The Morgan fingerprint density at radius 3 is 2.64 bits per heavy atom. The van der Waals surface area contributed by atoms with Crippen LogP contribution in [-0.4, -0.2) is 24.9 Å². The van der Waals surface area contributed by atoms with Crippen LogP contribution in [0.3, 0.4) is 0 Å². The van der Waals surface area contributed by atoms with E-state index in [1.54, 1.807) is 31.2 Å². The highest BCUT2D eigenvalue weighted by Crippen LogP contribution is 2.29. The summed E-state index contributed by atoms with van der Waals surface area (Å²) in [5.41, 5.74) is 0.919. The van der Waals surface area contributed by atoms with Crippen molar-refractivity contribution in [2.45, 2.75) is 45.3 Å². The molecule has 5 nitrogen and oxygen atoms in total. The summed E-state index contributed by atoms with van der Waals surface area (Å²) in [6.45, 7) is 3.69. The molecule has 0 N–H and O–H groups in total. The van der Waals surface area contributed by atoms with Crippen molar-refractivity contribution < 1.29 is 17.6 Å². The number of unbranched alkanes of at least 4 members (excludes halogenated alkanes) is 2. The SMILES string of the molecule is CCCCCC(=O)CS(=O)(=O)Cc1nc(-c2ccccc2Cl)oc1C. The summed E-state index contributed by atoms with van der Waals surface area (Å²) in [5, 5.41) is 0.476. The van der Waals surface area contributed by atoms with E-state index < -0.39 is 15.6 Å². The van der Waals surface area contributed by atoms with Crippen molar-refractivity contribution in [1.82, 2.24) is 4.98 Å². The van der Waals surface area contributed by atoms with Crippen LogP contribution in [0.25, 0.3) is 11.5 Å². The Labute approximate surface area is 153 Å². The molecular weight excluding hydrogens is 362 g/mol. The quantitative estimate of drug-likeness (QED) is 0.601. The monoisotopic (exact) mass is 383 g/mol. The van der Waals surface area contributed by atoms with Crippen LogP contribution in [0, 0.1) is 6.92 Å². The molecule has 7 heteroatoms. The van der Waals surface area contributed by atoms with Crippen LogP contribution in [0.15, 0.2) is 28.7 Å². The summed E-state index contributed by atoms with van der Waals surface area (Å²) >= 11 is 6.12. The standard InChI is InChI=1S/C18H22ClNO4S/c1-3-4-5-8-14(21)11-25(22,23)12-17-13(2)24-18(20-17)15-9-6-7-10-16(15)19/h6-7,9-10H,3-5,8,11-12H2,1-2H3. The zero-order chi connectivity index (χ0) is 18.4. The summed E-state index contributed by atoms with van der Waals surface area (Å²) in [7, 11) is -3.58. The van der Waals surface area contributed by atoms with E-state index in [4.69, 9.17) is 16.0 Å². The van der Waals surface area contributed by atoms with Crippen LogP contribution in [0.4, 0.5) is 0 Å². The maximum absolute atomic E-state index is 12.3. The second-order valence-electron chi connectivity index (χ2n) is 6.03. The van der Waals surface area contributed by atoms with Gasteiger partial charge in [-0.15, -0.1) is 0 Å². The number of oxazole rings is 1. The van der Waals surface area contributed by atoms with E-state index in [0.29, 0.717) is 28.5 Å². The predicted molar refractivity (Wildman–Crippen MR) is 98.3 cm³/mol. The molecule has 0 spiro atoms. The second-order valence-corrected chi connectivity index (χ2v) is 8.50. The Morgan fingerprint density at radius 2 is 1.96 bits per heavy atom. The lowest BCUT2D eigenvalue weighted by Crippen LogP contribution is -2.18. The maximum Gasteiger partial charge on any atom is 0.228 e. The molecule has 25 heavy (non-hydrogen) atoms. The number of Topliss-reactive ketones (excluding diaryl/α,β-unsaturated/α-hetero) is 1. The molecule has 136 valence electrons. The zero-order valence-electron chi connectivity index (χ0n) is 14.4. The average Bonchev–Trinajstić information content (AvgIpc) is 2.87. The number of nitrogens with zero attached hydrogens (tertiary/aromatic N) is 1. The number of hydrogen-bond donors (Lipinski definition) is 0. The molecule has 1 aromatic heterocycles. The third-order valence-electron chi connectivity index (χ3n) is 3.79. The van der Waals surface area contributed by atoms with Crippen molar-refractivity contribution in [2.75, 3.05) is 5.75 Å². The molecule has 1 aromatic carbocycles. The van der Waals surface area contributed by atoms with Crippen molar-refractivity contribution in [3.8, 4) is 11.5 Å². The molecule has 0 radical (unpaired) electrons. The summed E-state index contributed by atoms with van der Waals surface area (Å²) in [5.74, 6) is -0.322. The molecule has 0 atom stereocenters. The van der Waals surface area contributed by atoms with Gasteiger partial charge >= 0.3 is 0 Å². The van der Waals surface area contributed by atoms with Gasteiger partial charge in [0.25, 0.3) is 0 Å². The van der Waals surface area contributed by atoms with Gasteiger partial charge in [-0.3, -0.25) is 4.79 Å². The van der Waals surface area contributed by atoms with Gasteiger partial charge in [-0.25, -0.2) is 13.4 Å². The molecular formula is C18H22ClNO4S. The van der Waals surface area contributed by atoms with E-state index in [1.165, 1.54) is 0 Å². The van der Waals surface area contributed by atoms with Gasteiger partial charge in [-0.2, -0.15) is 0 Å². The maximum atomic E-state index is 12.3. The van der Waals surface area contributed by atoms with Gasteiger partial charge < -0.3 is 4.42 Å². The third kappa shape index (κ3) is 5.68. The summed E-state index contributed by atoms with van der Waals surface area (Å²) in [6, 6.07) is 7.05. The highest BCUT2D eigenvalue weighted by Gasteiger charge is 2.22. The van der Waals surface area contributed by atoms with Crippen molar-refractivity contribution >= 4 is 27.2 Å². The molecule has 0 aliphatic carbocycles. The molecule has 0 saturated heterocycles. The lowest BCUT2D eigenvalue weighted by Gasteiger charge is -2.02. The molecule has 2 aromatic rings. The Hall–Kier alpha value is -1.66. The highest BCUT2D eigenvalue weighted by molar-refractivity contribution is 7.91. The molecule has 0 bridgehead atoms. The first kappa shape index (κ1) is 19.7. The first-order chi connectivity index (χ1) is 11.8. The van der Waals surface area contributed by atoms with Crippen LogP contribution in [-0.2, 0) is 20.4 Å². The van der Waals surface area contributed by atoms with Crippen molar-refractivity contribution in [3.05, 3.63) is 40.7 Å². The largest absolute Gasteiger partial charge is 0.441 e. The van der Waals surface area contributed by atoms with Crippen LogP contribution in [0.1, 0.15) is 44.1 Å². The number of aromatic nitrogens is 1. The van der Waals surface area contributed by atoms with Crippen LogP contribution < -0.4 is 0 Å². The lowest BCUT2D eigenvalue weighted by atomic mass is 10.2. The van der Waals surface area contributed by atoms with Gasteiger partial charge in [-0.1, -0.05) is 43.5 Å². The Bertz CT molecular complexity index is 843. The number of carbonyl (C=O) groups is 1. The first-order valence-electron chi connectivity index (χ1n) is 8.25. The fourth-order valence-electron chi connectivity index (χ4n) is 2.46. The topological polar surface area (TPSA) is 77.2 Å².